The summed E-state index contributed by atoms with van der Waals surface area (Å²) in [5.74, 6) is 0. The third-order valence-corrected chi connectivity index (χ3v) is 2.52. The summed E-state index contributed by atoms with van der Waals surface area (Å²) in [6.07, 6.45) is -2.57. The Morgan fingerprint density at radius 1 is 1.57 bits per heavy atom. The summed E-state index contributed by atoms with van der Waals surface area (Å²) >= 11 is 3.15. The second-order valence-corrected chi connectivity index (χ2v) is 3.42. The van der Waals surface area contributed by atoms with Crippen molar-refractivity contribution in [2.24, 2.45) is 0 Å². The van der Waals surface area contributed by atoms with Crippen LogP contribution in [0.3, 0.4) is 0 Å². The number of rotatable bonds is 3. The highest BCUT2D eigenvalue weighted by atomic mass is 79.9. The SMILES string of the molecule is Cc1nc(CBr)cc(C(F)F)c1CO. The van der Waals surface area contributed by atoms with Gasteiger partial charge in [-0.15, -0.1) is 0 Å². The molecule has 0 unspecified atom stereocenters. The van der Waals surface area contributed by atoms with Gasteiger partial charge in [0.15, 0.2) is 0 Å². The lowest BCUT2D eigenvalue weighted by atomic mass is 10.1. The second kappa shape index (κ2) is 4.79. The molecule has 0 radical (unpaired) electrons. The van der Waals surface area contributed by atoms with Crippen molar-refractivity contribution in [2.75, 3.05) is 0 Å². The first-order chi connectivity index (χ1) is 6.60. The number of aliphatic hydroxyl groups is 1. The summed E-state index contributed by atoms with van der Waals surface area (Å²) in [4.78, 5) is 4.07. The summed E-state index contributed by atoms with van der Waals surface area (Å²) in [5, 5.41) is 9.36. The summed E-state index contributed by atoms with van der Waals surface area (Å²) in [6, 6.07) is 1.32. The molecule has 78 valence electrons. The van der Waals surface area contributed by atoms with Crippen molar-refractivity contribution >= 4 is 15.9 Å². The van der Waals surface area contributed by atoms with Crippen LogP contribution >= 0.6 is 15.9 Å². The van der Waals surface area contributed by atoms with Crippen LogP contribution in [0.25, 0.3) is 0 Å². The van der Waals surface area contributed by atoms with E-state index in [1.807, 2.05) is 0 Å². The molecular weight excluding hydrogens is 256 g/mol. The lowest BCUT2D eigenvalue weighted by molar-refractivity contribution is 0.146. The zero-order chi connectivity index (χ0) is 10.7. The van der Waals surface area contributed by atoms with Crippen LogP contribution in [0.2, 0.25) is 0 Å². The minimum atomic E-state index is -2.57. The normalized spacial score (nSPS) is 11.0. The Morgan fingerprint density at radius 2 is 2.21 bits per heavy atom. The van der Waals surface area contributed by atoms with Crippen LogP contribution in [0.15, 0.2) is 6.07 Å². The average molecular weight is 266 g/mol. The van der Waals surface area contributed by atoms with Crippen molar-refractivity contribution in [3.63, 3.8) is 0 Å². The Balaban J connectivity index is 3.28. The summed E-state index contributed by atoms with van der Waals surface area (Å²) in [7, 11) is 0. The molecule has 1 aromatic heterocycles. The van der Waals surface area contributed by atoms with Gasteiger partial charge in [0, 0.05) is 22.2 Å². The molecule has 2 nitrogen and oxygen atoms in total. The van der Waals surface area contributed by atoms with Crippen LogP contribution in [0, 0.1) is 6.92 Å². The van der Waals surface area contributed by atoms with E-state index in [-0.39, 0.29) is 11.1 Å². The molecular formula is C9H10BrF2NO. The monoisotopic (exact) mass is 265 g/mol. The minimum Gasteiger partial charge on any atom is -0.392 e. The molecule has 0 saturated heterocycles. The van der Waals surface area contributed by atoms with Crippen LogP contribution in [0.4, 0.5) is 8.78 Å². The van der Waals surface area contributed by atoms with Gasteiger partial charge >= 0.3 is 0 Å². The van der Waals surface area contributed by atoms with Crippen LogP contribution < -0.4 is 0 Å². The van der Waals surface area contributed by atoms with Gasteiger partial charge < -0.3 is 5.11 Å². The van der Waals surface area contributed by atoms with Gasteiger partial charge in [0.1, 0.15) is 0 Å². The molecule has 0 saturated carbocycles. The molecule has 1 N–H and O–H groups in total. The Hall–Kier alpha value is -0.550. The smallest absolute Gasteiger partial charge is 0.264 e. The highest BCUT2D eigenvalue weighted by Crippen LogP contribution is 2.26. The molecule has 0 aromatic carbocycles. The summed E-state index contributed by atoms with van der Waals surface area (Å²) in [5.41, 5.74) is 1.11. The third kappa shape index (κ3) is 2.27. The lowest BCUT2D eigenvalue weighted by Gasteiger charge is -2.10. The maximum atomic E-state index is 12.6. The second-order valence-electron chi connectivity index (χ2n) is 2.86. The molecule has 1 heterocycles. The fraction of sp³-hybridized carbons (Fsp3) is 0.444. The van der Waals surface area contributed by atoms with Crippen molar-refractivity contribution in [1.82, 2.24) is 4.98 Å². The first kappa shape index (κ1) is 11.5. The van der Waals surface area contributed by atoms with E-state index in [1.165, 1.54) is 6.07 Å². The van der Waals surface area contributed by atoms with E-state index < -0.39 is 13.0 Å². The number of hydrogen-bond acceptors (Lipinski definition) is 2. The highest BCUT2D eigenvalue weighted by molar-refractivity contribution is 9.08. The molecule has 0 aliphatic rings. The number of pyridine rings is 1. The van der Waals surface area contributed by atoms with Gasteiger partial charge in [-0.25, -0.2) is 8.78 Å². The zero-order valence-electron chi connectivity index (χ0n) is 7.60. The fourth-order valence-corrected chi connectivity index (χ4v) is 1.55. The molecule has 0 bridgehead atoms. The standard InChI is InChI=1S/C9H10BrF2NO/c1-5-8(4-14)7(9(11)12)2-6(3-10)13-5/h2,9,14H,3-4H2,1H3. The largest absolute Gasteiger partial charge is 0.392 e. The fourth-order valence-electron chi connectivity index (χ4n) is 1.26. The van der Waals surface area contributed by atoms with Crippen LogP contribution in [-0.4, -0.2) is 10.1 Å². The van der Waals surface area contributed by atoms with Gasteiger partial charge in [-0.2, -0.15) is 0 Å². The lowest BCUT2D eigenvalue weighted by Crippen LogP contribution is -2.03. The van der Waals surface area contributed by atoms with E-state index >= 15 is 0 Å². The first-order valence-corrected chi connectivity index (χ1v) is 5.16. The maximum absolute atomic E-state index is 12.6. The summed E-state index contributed by atoms with van der Waals surface area (Å²) < 4.78 is 25.1. The Labute approximate surface area is 89.1 Å². The molecule has 0 atom stereocenters. The van der Waals surface area contributed by atoms with Gasteiger partial charge in [-0.3, -0.25) is 4.98 Å². The highest BCUT2D eigenvalue weighted by Gasteiger charge is 2.16. The predicted octanol–water partition coefficient (Wildman–Crippen LogP) is 2.71. The molecule has 14 heavy (non-hydrogen) atoms. The van der Waals surface area contributed by atoms with Gasteiger partial charge in [-0.1, -0.05) is 15.9 Å². The maximum Gasteiger partial charge on any atom is 0.264 e. The van der Waals surface area contributed by atoms with Gasteiger partial charge in [0.2, 0.25) is 0 Å². The number of aromatic nitrogens is 1. The van der Waals surface area contributed by atoms with E-state index in [1.54, 1.807) is 6.92 Å². The van der Waals surface area contributed by atoms with Crippen molar-refractivity contribution in [3.05, 3.63) is 28.6 Å². The Bertz CT molecular complexity index is 331. The van der Waals surface area contributed by atoms with E-state index in [4.69, 9.17) is 5.11 Å². The van der Waals surface area contributed by atoms with Gasteiger partial charge in [-0.05, 0) is 13.0 Å². The number of aryl methyl sites for hydroxylation is 1. The van der Waals surface area contributed by atoms with Crippen LogP contribution in [0.5, 0.6) is 0 Å². The van der Waals surface area contributed by atoms with E-state index in [2.05, 4.69) is 20.9 Å². The van der Waals surface area contributed by atoms with Gasteiger partial charge in [0.05, 0.1) is 12.3 Å². The molecule has 0 spiro atoms. The van der Waals surface area contributed by atoms with Crippen molar-refractivity contribution < 1.29 is 13.9 Å². The molecule has 0 fully saturated rings. The zero-order valence-corrected chi connectivity index (χ0v) is 9.18. The quantitative estimate of drug-likeness (QED) is 0.853. The van der Waals surface area contributed by atoms with Crippen molar-refractivity contribution in [1.29, 1.82) is 0 Å². The van der Waals surface area contributed by atoms with E-state index in [0.717, 1.165) is 0 Å². The summed E-state index contributed by atoms with van der Waals surface area (Å²) in [6.45, 7) is 1.21. The number of alkyl halides is 3. The third-order valence-electron chi connectivity index (χ3n) is 1.95. The Morgan fingerprint density at radius 3 is 2.64 bits per heavy atom. The number of aliphatic hydroxyl groups excluding tert-OH is 1. The van der Waals surface area contributed by atoms with E-state index in [9.17, 15) is 8.78 Å². The predicted molar refractivity (Wildman–Crippen MR) is 52.5 cm³/mol. The van der Waals surface area contributed by atoms with E-state index in [0.29, 0.717) is 16.7 Å². The first-order valence-electron chi connectivity index (χ1n) is 4.04. The van der Waals surface area contributed by atoms with Crippen LogP contribution in [0.1, 0.15) is 28.9 Å². The Kier molecular flexibility index (Phi) is 3.95. The van der Waals surface area contributed by atoms with Crippen LogP contribution in [-0.2, 0) is 11.9 Å². The molecule has 1 aromatic rings. The molecule has 0 aliphatic heterocycles. The molecule has 0 aliphatic carbocycles. The number of halogens is 3. The molecule has 5 heteroatoms. The molecule has 0 amide bonds. The van der Waals surface area contributed by atoms with Crippen molar-refractivity contribution in [3.8, 4) is 0 Å². The topological polar surface area (TPSA) is 33.1 Å². The van der Waals surface area contributed by atoms with Gasteiger partial charge in [0.25, 0.3) is 6.43 Å². The average Bonchev–Trinajstić information content (AvgIpc) is 2.16. The number of nitrogens with zero attached hydrogens (tertiary/aromatic N) is 1. The minimum absolute atomic E-state index is 0.130. The molecule has 1 rings (SSSR count). The van der Waals surface area contributed by atoms with Crippen molar-refractivity contribution in [2.45, 2.75) is 25.3 Å². The number of hydrogen-bond donors (Lipinski definition) is 1.